The highest BCUT2D eigenvalue weighted by atomic mass is 31.2. The Morgan fingerprint density at radius 3 is 2.68 bits per heavy atom. The molecule has 3 rings (SSSR count). The van der Waals surface area contributed by atoms with Gasteiger partial charge in [-0.2, -0.15) is 5.26 Å². The third kappa shape index (κ3) is 9.52. The van der Waals surface area contributed by atoms with Gasteiger partial charge in [0.25, 0.3) is 0 Å². The van der Waals surface area contributed by atoms with Crippen LogP contribution in [0.5, 0.6) is 0 Å². The molecule has 1 aromatic heterocycles. The van der Waals surface area contributed by atoms with Crippen LogP contribution in [0.2, 0.25) is 0 Å². The Morgan fingerprint density at radius 2 is 1.97 bits per heavy atom. The van der Waals surface area contributed by atoms with Crippen LogP contribution in [-0.4, -0.2) is 88.4 Å². The number of nitrogens with zero attached hydrogens (tertiary/aromatic N) is 3. The molecule has 0 aliphatic carbocycles. The Labute approximate surface area is 225 Å². The van der Waals surface area contributed by atoms with E-state index in [0.717, 1.165) is 0 Å². The molecule has 0 bridgehead atoms. The Bertz CT molecular complexity index is 1060. The monoisotopic (exact) mass is 551 g/mol. The molecule has 0 N–H and O–H groups in total. The predicted molar refractivity (Wildman–Crippen MR) is 129 cm³/mol. The zero-order chi connectivity index (χ0) is 28.4. The Kier molecular flexibility index (Phi) is 10.8. The summed E-state index contributed by atoms with van der Waals surface area (Å²) in [4.78, 5) is 24.4. The molecule has 1 unspecified atom stereocenters. The van der Waals surface area contributed by atoms with Crippen molar-refractivity contribution in [1.29, 1.82) is 5.26 Å². The lowest BCUT2D eigenvalue weighted by molar-refractivity contribution is -0.671. The van der Waals surface area contributed by atoms with Crippen molar-refractivity contribution in [1.82, 2.24) is 4.57 Å². The quantitative estimate of drug-likeness (QED) is 0.0779. The number of rotatable bonds is 14. The number of phosphoric acid groups is 1. The van der Waals surface area contributed by atoms with Crippen LogP contribution in [0.1, 0.15) is 34.0 Å². The molecular weight excluding hydrogens is 519 g/mol. The lowest BCUT2D eigenvalue weighted by Crippen LogP contribution is -2.32. The molecule has 13 nitrogen and oxygen atoms in total. The number of carbonyl (C=O) groups is 2. The summed E-state index contributed by atoms with van der Waals surface area (Å²) in [7, 11) is 9.19. The zero-order valence-corrected chi connectivity index (χ0v) is 22.0. The molecule has 2 saturated heterocycles. The first-order valence-corrected chi connectivity index (χ1v) is 13.5. The highest BCUT2D eigenvalue weighted by molar-refractivity contribution is 7.48. The second kappa shape index (κ2) is 14.3. The van der Waals surface area contributed by atoms with Gasteiger partial charge in [0.15, 0.2) is 0 Å². The van der Waals surface area contributed by atoms with E-state index in [1.54, 1.807) is 0 Å². The Balaban J connectivity index is 1.50. The molecular formula is C22H31B2N3O10P+. The molecule has 16 heteroatoms. The highest BCUT2D eigenvalue weighted by Gasteiger charge is 2.42. The lowest BCUT2D eigenvalue weighted by atomic mass is 9.96. The zero-order valence-electron chi connectivity index (χ0n) is 22.1. The summed E-state index contributed by atoms with van der Waals surface area (Å²) in [5.74, 6) is -1.60. The molecule has 0 aromatic carbocycles. The van der Waals surface area contributed by atoms with E-state index in [0.29, 0.717) is 6.54 Å². The van der Waals surface area contributed by atoms with Gasteiger partial charge in [-0.3, -0.25) is 23.2 Å². The van der Waals surface area contributed by atoms with Crippen molar-refractivity contribution in [3.8, 4) is 6.07 Å². The van der Waals surface area contributed by atoms with Crippen molar-refractivity contribution in [3.05, 3.63) is 18.7 Å². The first kappa shape index (κ1) is 28.8. The summed E-state index contributed by atoms with van der Waals surface area (Å²) >= 11 is 0. The van der Waals surface area contributed by atoms with Crippen molar-refractivity contribution in [3.63, 3.8) is 0 Å². The number of carbonyl (C=O) groups excluding carboxylic acids is 2. The first-order valence-electron chi connectivity index (χ1n) is 12.7. The van der Waals surface area contributed by atoms with E-state index in [1.807, 2.05) is 41.0 Å². The number of esters is 2. The minimum absolute atomic E-state index is 0.0772. The molecule has 38 heavy (non-hydrogen) atoms. The summed E-state index contributed by atoms with van der Waals surface area (Å²) in [6.45, 7) is -0.338. The summed E-state index contributed by atoms with van der Waals surface area (Å²) in [5, 5.41) is 8.80. The van der Waals surface area contributed by atoms with E-state index < -0.39 is 69.2 Å². The Morgan fingerprint density at radius 1 is 1.21 bits per heavy atom. The maximum absolute atomic E-state index is 13.3. The van der Waals surface area contributed by atoms with Crippen molar-refractivity contribution in [2.45, 2.75) is 75.6 Å². The number of hydrogen-bond acceptors (Lipinski definition) is 11. The van der Waals surface area contributed by atoms with Gasteiger partial charge < -0.3 is 18.9 Å². The highest BCUT2D eigenvalue weighted by Crippen LogP contribution is 2.53. The predicted octanol–water partition coefficient (Wildman–Crippen LogP) is 0.185. The van der Waals surface area contributed by atoms with Gasteiger partial charge in [-0.05, 0) is 13.3 Å². The van der Waals surface area contributed by atoms with Gasteiger partial charge in [0, 0.05) is 19.8 Å². The first-order chi connectivity index (χ1) is 18.6. The molecule has 3 heterocycles. The van der Waals surface area contributed by atoms with Gasteiger partial charge in [0.2, 0.25) is 6.33 Å². The van der Waals surface area contributed by atoms with Gasteiger partial charge in [0.1, 0.15) is 59.9 Å². The van der Waals surface area contributed by atoms with Crippen LogP contribution >= 0.6 is 7.82 Å². The normalized spacial score (nSPS) is 28.8. The average Bonchev–Trinajstić information content (AvgIpc) is 3.55. The van der Waals surface area contributed by atoms with Gasteiger partial charge in [-0.25, -0.2) is 13.7 Å². The molecule has 204 valence electrons. The third-order valence-corrected chi connectivity index (χ3v) is 7.08. The summed E-state index contributed by atoms with van der Waals surface area (Å²) in [5.41, 5.74) is 0. The van der Waals surface area contributed by atoms with Gasteiger partial charge in [0.05, 0.1) is 45.0 Å². The molecule has 2 fully saturated rings. The summed E-state index contributed by atoms with van der Waals surface area (Å²) < 4.78 is 62.2. The number of aryl methyl sites for hydroxylation is 1. The molecule has 7 atom stereocenters. The van der Waals surface area contributed by atoms with Crippen molar-refractivity contribution in [2.75, 3.05) is 19.8 Å². The largest absolute Gasteiger partial charge is 0.475 e. The maximum atomic E-state index is 13.3. The van der Waals surface area contributed by atoms with Crippen LogP contribution in [0.15, 0.2) is 18.7 Å². The van der Waals surface area contributed by atoms with Gasteiger partial charge in [-0.1, -0.05) is 0 Å². The number of nitriles is 1. The van der Waals surface area contributed by atoms with Crippen LogP contribution in [-0.2, 0) is 60.3 Å². The molecule has 2 aliphatic rings. The van der Waals surface area contributed by atoms with Gasteiger partial charge in [-0.15, -0.1) is 0 Å². The second-order valence-corrected chi connectivity index (χ2v) is 10.4. The fourth-order valence-electron chi connectivity index (χ4n) is 3.79. The average molecular weight is 551 g/mol. The van der Waals surface area contributed by atoms with E-state index >= 15 is 0 Å². The Hall–Kier alpha value is -2.20. The number of hydrogen-bond donors (Lipinski definition) is 0. The number of imidazole rings is 1. The summed E-state index contributed by atoms with van der Waals surface area (Å²) in [6.07, 6.45) is 1.60. The standard InChI is InChI=1S/C22H31B2N3O10P/c1-15-16(10-19(23)34-15)37-38(30,32-8-3-4-25)33-13-18-17(11-20(24)35-18)36-22(29)12-21(28)31-9-7-27-6-5-26(2)14-27/h5-6,14-20H,3,7-13H2,1-2H3/q+1/t15-,16-,17-,18-,19-,20-,38?/m1/s1/i1D. The van der Waals surface area contributed by atoms with E-state index in [4.69, 9.17) is 54.8 Å². The molecule has 4 radical (unpaired) electrons. The number of aromatic nitrogens is 2. The third-order valence-electron chi connectivity index (χ3n) is 5.59. The fourth-order valence-corrected chi connectivity index (χ4v) is 5.18. The lowest BCUT2D eigenvalue weighted by Gasteiger charge is -2.25. The van der Waals surface area contributed by atoms with Crippen molar-refractivity contribution in [2.24, 2.45) is 7.05 Å². The van der Waals surface area contributed by atoms with Crippen LogP contribution in [0.3, 0.4) is 0 Å². The minimum atomic E-state index is -4.28. The van der Waals surface area contributed by atoms with Crippen LogP contribution in [0.25, 0.3) is 0 Å². The van der Waals surface area contributed by atoms with Gasteiger partial charge >= 0.3 is 19.8 Å². The van der Waals surface area contributed by atoms with E-state index in [2.05, 4.69) is 0 Å². The van der Waals surface area contributed by atoms with Crippen molar-refractivity contribution < 1.29 is 52.6 Å². The molecule has 0 spiro atoms. The van der Waals surface area contributed by atoms with Crippen molar-refractivity contribution >= 4 is 35.5 Å². The molecule has 2 aliphatic heterocycles. The van der Waals surface area contributed by atoms with E-state index in [9.17, 15) is 14.2 Å². The molecule has 0 saturated carbocycles. The number of phosphoric ester groups is 1. The maximum Gasteiger partial charge on any atom is 0.475 e. The smallest absolute Gasteiger partial charge is 0.461 e. The summed E-state index contributed by atoms with van der Waals surface area (Å²) in [6, 6.07) is 0.347. The minimum Gasteiger partial charge on any atom is -0.461 e. The topological polar surface area (TPSA) is 148 Å². The second-order valence-electron chi connectivity index (χ2n) is 8.77. The van der Waals surface area contributed by atoms with Crippen LogP contribution in [0, 0.1) is 11.3 Å². The molecule has 0 amide bonds. The van der Waals surface area contributed by atoms with E-state index in [-0.39, 0.29) is 39.4 Å². The van der Waals surface area contributed by atoms with Crippen LogP contribution in [0.4, 0.5) is 0 Å². The van der Waals surface area contributed by atoms with Crippen LogP contribution < -0.4 is 4.57 Å². The van der Waals surface area contributed by atoms with E-state index in [1.165, 1.54) is 0 Å². The SMILES string of the molecule is [2H]C[C@H]1O[C@@H]([B])C[C@H]1OP(=O)(OCCC#N)OC[C@H]1O[C@@H]([B])C[C@H]1OC(=O)CC(=O)OCCn1cc[n+](C)c1. The molecule has 1 aromatic rings. The number of ether oxygens (including phenoxy) is 4. The fraction of sp³-hybridized carbons (Fsp3) is 0.727.